The highest BCUT2D eigenvalue weighted by atomic mass is 35.5. The minimum absolute atomic E-state index is 0. The number of hydrogen-bond donors (Lipinski definition) is 4. The van der Waals surface area contributed by atoms with E-state index in [9.17, 15) is 10.2 Å². The van der Waals surface area contributed by atoms with Crippen molar-refractivity contribution >= 4 is 24.8 Å². The highest BCUT2D eigenvalue weighted by Gasteiger charge is 2.32. The van der Waals surface area contributed by atoms with Crippen molar-refractivity contribution in [3.05, 3.63) is 0 Å². The molecule has 0 bridgehead atoms. The zero-order chi connectivity index (χ0) is 15.9. The van der Waals surface area contributed by atoms with Crippen LogP contribution in [0.5, 0.6) is 0 Å². The van der Waals surface area contributed by atoms with Crippen LogP contribution in [0.1, 0.15) is 41.0 Å². The summed E-state index contributed by atoms with van der Waals surface area (Å²) in [5.74, 6) is 5.03. The largest absolute Gasteiger partial charge is 1.00 e. The fraction of sp³-hybridized carbons (Fsp3) is 1.00. The molecule has 5 N–H and O–H groups in total. The van der Waals surface area contributed by atoms with Crippen LogP contribution in [0.25, 0.3) is 0 Å². The van der Waals surface area contributed by atoms with Crippen molar-refractivity contribution in [2.45, 2.75) is 52.7 Å². The fourth-order valence-corrected chi connectivity index (χ4v) is 1.36. The average molecular weight is 387 g/mol. The number of nitrogens with zero attached hydrogens (tertiary/aromatic N) is 1. The van der Waals surface area contributed by atoms with Gasteiger partial charge in [0.1, 0.15) is 12.6 Å². The topological polar surface area (TPSA) is 78.5 Å². The van der Waals surface area contributed by atoms with E-state index in [4.69, 9.17) is 5.84 Å². The Balaban J connectivity index is -0.0000000774. The Morgan fingerprint density at radius 3 is 1.59 bits per heavy atom. The van der Waals surface area contributed by atoms with Crippen molar-refractivity contribution in [2.75, 3.05) is 34.2 Å². The lowest BCUT2D eigenvalue weighted by atomic mass is 9.76. The number of nitrogens with two attached hydrogens (primary N) is 1. The normalized spacial score (nSPS) is 14.9. The molecule has 5 nitrogen and oxygen atoms in total. The van der Waals surface area contributed by atoms with Crippen molar-refractivity contribution in [3.8, 4) is 0 Å². The lowest BCUT2D eigenvalue weighted by Crippen LogP contribution is -3.00. The summed E-state index contributed by atoms with van der Waals surface area (Å²) in [5.41, 5.74) is 1.91. The molecular weight excluding hydrogens is 349 g/mol. The zero-order valence-corrected chi connectivity index (χ0v) is 17.7. The monoisotopic (exact) mass is 385 g/mol. The van der Waals surface area contributed by atoms with Crippen LogP contribution in [-0.2, 0) is 0 Å². The molecule has 0 saturated carbocycles. The van der Waals surface area contributed by atoms with Gasteiger partial charge in [-0.05, 0) is 18.8 Å². The van der Waals surface area contributed by atoms with Crippen LogP contribution in [0.4, 0.5) is 0 Å². The maximum atomic E-state index is 9.66. The van der Waals surface area contributed by atoms with Gasteiger partial charge in [0.2, 0.25) is 0 Å². The van der Waals surface area contributed by atoms with Gasteiger partial charge in [0.05, 0.1) is 26.7 Å². The maximum Gasteiger partial charge on any atom is 0.117 e. The van der Waals surface area contributed by atoms with Gasteiger partial charge in [-0.3, -0.25) is 11.3 Å². The number of likely N-dealkylation sites (N-methyl/N-ethyl adjacent to an activating group) is 1. The van der Waals surface area contributed by atoms with E-state index in [1.165, 1.54) is 0 Å². The molecule has 0 aromatic rings. The number of hydrogen-bond acceptors (Lipinski definition) is 4. The summed E-state index contributed by atoms with van der Waals surface area (Å²) in [6.07, 6.45) is 0.459. The van der Waals surface area contributed by atoms with Crippen LogP contribution < -0.4 is 23.7 Å². The lowest BCUT2D eigenvalue weighted by Gasteiger charge is -2.36. The first-order valence-electron chi connectivity index (χ1n) is 6.91. The van der Waals surface area contributed by atoms with Crippen LogP contribution in [0, 0.1) is 5.41 Å². The molecule has 22 heavy (non-hydrogen) atoms. The predicted octanol–water partition coefficient (Wildman–Crippen LogP) is -1.44. The highest BCUT2D eigenvalue weighted by molar-refractivity contribution is 5.85. The van der Waals surface area contributed by atoms with Gasteiger partial charge in [-0.2, -0.15) is 0 Å². The number of nitrogens with one attached hydrogen (secondary N) is 1. The van der Waals surface area contributed by atoms with Gasteiger partial charge < -0.3 is 27.1 Å². The van der Waals surface area contributed by atoms with Gasteiger partial charge >= 0.3 is 0 Å². The SMILES string of the molecule is CCC(C)(O)C(C)(C)C.C[N+](C)(C)CC(O)CNN.Cl.Cl.[Cl-]. The molecule has 0 aliphatic carbocycles. The minimum atomic E-state index is -0.521. The van der Waals surface area contributed by atoms with E-state index in [-0.39, 0.29) is 48.7 Å². The molecule has 0 aliphatic rings. The van der Waals surface area contributed by atoms with Crippen molar-refractivity contribution in [1.29, 1.82) is 0 Å². The Kier molecular flexibility index (Phi) is 21.8. The van der Waals surface area contributed by atoms with Gasteiger partial charge in [0.25, 0.3) is 0 Å². The van der Waals surface area contributed by atoms with Crippen LogP contribution in [0.2, 0.25) is 0 Å². The number of aliphatic hydroxyl groups excluding tert-OH is 1. The smallest absolute Gasteiger partial charge is 0.117 e. The molecule has 0 aromatic carbocycles. The number of hydrazine groups is 1. The number of rotatable bonds is 5. The zero-order valence-electron chi connectivity index (χ0n) is 15.3. The van der Waals surface area contributed by atoms with Crippen molar-refractivity contribution < 1.29 is 27.1 Å². The Bertz CT molecular complexity index is 242. The van der Waals surface area contributed by atoms with E-state index in [0.717, 1.165) is 10.9 Å². The molecule has 0 aliphatic heterocycles. The van der Waals surface area contributed by atoms with E-state index in [1.807, 2.05) is 35.0 Å². The van der Waals surface area contributed by atoms with Gasteiger partial charge in [-0.15, -0.1) is 24.8 Å². The van der Waals surface area contributed by atoms with E-state index in [1.54, 1.807) is 0 Å². The number of aliphatic hydroxyl groups is 2. The standard InChI is InChI=1S/C8H18O.C6H18N3O.3ClH/c1-6-8(5,9)7(2,3)4;1-9(2,3)5-6(10)4-8-7;;;/h9H,6H2,1-5H3;6,8,10H,4-5,7H2,1-3H3;3*1H/q;+1;;;/p-1. The summed E-state index contributed by atoms with van der Waals surface area (Å²) in [4.78, 5) is 0. The van der Waals surface area contributed by atoms with E-state index in [0.29, 0.717) is 13.1 Å². The summed E-state index contributed by atoms with van der Waals surface area (Å²) in [6, 6.07) is 0. The first-order valence-corrected chi connectivity index (χ1v) is 6.91. The minimum Gasteiger partial charge on any atom is -1.00 e. The Morgan fingerprint density at radius 1 is 1.09 bits per heavy atom. The second-order valence-electron chi connectivity index (χ2n) is 7.41. The molecule has 0 radical (unpaired) electrons. The lowest BCUT2D eigenvalue weighted by molar-refractivity contribution is -0.873. The molecule has 2 atom stereocenters. The summed E-state index contributed by atoms with van der Waals surface area (Å²) in [5, 5.41) is 18.9. The van der Waals surface area contributed by atoms with Crippen LogP contribution in [0.15, 0.2) is 0 Å². The fourth-order valence-electron chi connectivity index (χ4n) is 1.36. The quantitative estimate of drug-likeness (QED) is 0.265. The second kappa shape index (κ2) is 14.1. The summed E-state index contributed by atoms with van der Waals surface area (Å²) >= 11 is 0. The summed E-state index contributed by atoms with van der Waals surface area (Å²) in [7, 11) is 6.08. The van der Waals surface area contributed by atoms with Crippen LogP contribution >= 0.6 is 24.8 Å². The van der Waals surface area contributed by atoms with Crippen molar-refractivity contribution in [1.82, 2.24) is 5.43 Å². The van der Waals surface area contributed by atoms with Gasteiger partial charge in [-0.25, -0.2) is 0 Å². The first kappa shape index (κ1) is 34.1. The third kappa shape index (κ3) is 18.7. The third-order valence-electron chi connectivity index (χ3n) is 3.42. The van der Waals surface area contributed by atoms with Gasteiger partial charge in [0, 0.05) is 6.54 Å². The van der Waals surface area contributed by atoms with E-state index < -0.39 is 5.60 Å². The molecular formula is C14H38Cl3N3O2. The Hall–Kier alpha value is 0.670. The maximum absolute atomic E-state index is 9.66. The molecule has 0 fully saturated rings. The predicted molar refractivity (Wildman–Crippen MR) is 96.0 cm³/mol. The first-order chi connectivity index (χ1) is 8.27. The molecule has 0 spiro atoms. The number of quaternary nitrogens is 1. The Morgan fingerprint density at radius 2 is 1.45 bits per heavy atom. The van der Waals surface area contributed by atoms with Gasteiger partial charge in [0.15, 0.2) is 0 Å². The van der Waals surface area contributed by atoms with Crippen LogP contribution in [0.3, 0.4) is 0 Å². The molecule has 0 aromatic heterocycles. The van der Waals surface area contributed by atoms with Crippen LogP contribution in [-0.4, -0.2) is 60.6 Å². The molecule has 0 amide bonds. The van der Waals surface area contributed by atoms with Crippen molar-refractivity contribution in [2.24, 2.45) is 11.3 Å². The summed E-state index contributed by atoms with van der Waals surface area (Å²) in [6.45, 7) is 11.2. The van der Waals surface area contributed by atoms with E-state index >= 15 is 0 Å². The molecule has 2 unspecified atom stereocenters. The van der Waals surface area contributed by atoms with E-state index in [2.05, 4.69) is 26.2 Å². The Labute approximate surface area is 155 Å². The van der Waals surface area contributed by atoms with Gasteiger partial charge in [-0.1, -0.05) is 27.7 Å². The second-order valence-corrected chi connectivity index (χ2v) is 7.41. The molecule has 0 heterocycles. The molecule has 0 saturated heterocycles. The number of halogens is 3. The summed E-state index contributed by atoms with van der Waals surface area (Å²) < 4.78 is 0.753. The van der Waals surface area contributed by atoms with Crippen molar-refractivity contribution in [3.63, 3.8) is 0 Å². The highest BCUT2D eigenvalue weighted by Crippen LogP contribution is 2.31. The average Bonchev–Trinajstić information content (AvgIpc) is 2.14. The molecule has 142 valence electrons. The molecule has 0 rings (SSSR count). The molecule has 8 heteroatoms. The third-order valence-corrected chi connectivity index (χ3v) is 3.42.